The molecule has 6 heteroatoms. The average Bonchev–Trinajstić information content (AvgIpc) is 3.14. The van der Waals surface area contributed by atoms with Crippen molar-refractivity contribution in [2.75, 3.05) is 32.8 Å². The quantitative estimate of drug-likeness (QED) is 0.809. The van der Waals surface area contributed by atoms with E-state index in [4.69, 9.17) is 4.74 Å². The highest BCUT2D eigenvalue weighted by Crippen LogP contribution is 2.52. The number of aryl methyl sites for hydroxylation is 1. The van der Waals surface area contributed by atoms with Gasteiger partial charge in [0.1, 0.15) is 6.10 Å². The summed E-state index contributed by atoms with van der Waals surface area (Å²) in [6.07, 6.45) is 3.44. The molecule has 0 spiro atoms. The number of carbonyl (C=O) groups is 2. The summed E-state index contributed by atoms with van der Waals surface area (Å²) in [5, 5.41) is 0. The Morgan fingerprint density at radius 1 is 1.04 bits per heavy atom. The predicted molar refractivity (Wildman–Crippen MR) is 97.6 cm³/mol. The van der Waals surface area contributed by atoms with Crippen LogP contribution in [-0.4, -0.2) is 65.1 Å². The highest BCUT2D eigenvalue weighted by molar-refractivity contribution is 5.94. The van der Waals surface area contributed by atoms with Crippen molar-refractivity contribution in [3.8, 4) is 0 Å². The molecule has 26 heavy (non-hydrogen) atoms. The Labute approximate surface area is 155 Å². The highest BCUT2D eigenvalue weighted by Gasteiger charge is 2.61. The minimum absolute atomic E-state index is 0.0775. The van der Waals surface area contributed by atoms with Crippen LogP contribution in [0.4, 0.5) is 0 Å². The van der Waals surface area contributed by atoms with E-state index in [0.29, 0.717) is 32.8 Å². The smallest absolute Gasteiger partial charge is 0.255 e. The van der Waals surface area contributed by atoms with Gasteiger partial charge in [0.15, 0.2) is 0 Å². The molecular weight excluding hydrogens is 330 g/mol. The summed E-state index contributed by atoms with van der Waals surface area (Å²) in [7, 11) is 1.92. The minimum atomic E-state index is -0.324. The molecule has 1 aromatic rings. The number of rotatable bonds is 2. The van der Waals surface area contributed by atoms with E-state index >= 15 is 0 Å². The van der Waals surface area contributed by atoms with Crippen molar-refractivity contribution in [1.82, 2.24) is 14.4 Å². The van der Waals surface area contributed by atoms with E-state index in [1.54, 1.807) is 0 Å². The van der Waals surface area contributed by atoms with E-state index in [1.165, 1.54) is 0 Å². The molecule has 2 amide bonds. The van der Waals surface area contributed by atoms with E-state index < -0.39 is 0 Å². The van der Waals surface area contributed by atoms with Gasteiger partial charge in [-0.3, -0.25) is 9.59 Å². The molecular formula is C20H29N3O3. The molecule has 3 aliphatic heterocycles. The van der Waals surface area contributed by atoms with E-state index in [9.17, 15) is 9.59 Å². The van der Waals surface area contributed by atoms with E-state index in [2.05, 4.69) is 27.7 Å². The molecule has 3 aliphatic rings. The number of hydrogen-bond donors (Lipinski definition) is 0. The van der Waals surface area contributed by atoms with Crippen LogP contribution in [0, 0.1) is 16.2 Å². The molecule has 0 bridgehead atoms. The monoisotopic (exact) mass is 359 g/mol. The van der Waals surface area contributed by atoms with Crippen molar-refractivity contribution in [3.05, 3.63) is 24.0 Å². The van der Waals surface area contributed by atoms with Crippen LogP contribution >= 0.6 is 0 Å². The summed E-state index contributed by atoms with van der Waals surface area (Å²) in [5.41, 5.74) is 0.491. The maximum atomic E-state index is 12.9. The normalized spacial score (nSPS) is 35.3. The first-order valence-corrected chi connectivity index (χ1v) is 9.36. The molecule has 0 radical (unpaired) electrons. The van der Waals surface area contributed by atoms with E-state index in [0.717, 1.165) is 5.56 Å². The van der Waals surface area contributed by atoms with Gasteiger partial charge in [-0.2, -0.15) is 0 Å². The van der Waals surface area contributed by atoms with Crippen LogP contribution in [0.15, 0.2) is 18.5 Å². The minimum Gasteiger partial charge on any atom is -0.367 e. The lowest BCUT2D eigenvalue weighted by atomic mass is 9.71. The second kappa shape index (κ2) is 5.35. The zero-order chi connectivity index (χ0) is 18.9. The SMILES string of the molecule is Cn1ccc(C(=O)N2C[C@@]3(C)CN(C(=O)C4OCC4(C)C)C[C@@]3(C)C2)c1. The third-order valence-electron chi connectivity index (χ3n) is 6.85. The van der Waals surface area contributed by atoms with Gasteiger partial charge in [0.05, 0.1) is 12.2 Å². The Bertz CT molecular complexity index is 750. The van der Waals surface area contributed by atoms with Crippen molar-refractivity contribution in [1.29, 1.82) is 0 Å². The third-order valence-corrected chi connectivity index (χ3v) is 6.85. The fourth-order valence-electron chi connectivity index (χ4n) is 4.84. The molecule has 6 nitrogen and oxygen atoms in total. The van der Waals surface area contributed by atoms with Crippen LogP contribution < -0.4 is 0 Å². The average molecular weight is 359 g/mol. The molecule has 0 aliphatic carbocycles. The predicted octanol–water partition coefficient (Wildman–Crippen LogP) is 1.76. The standard InChI is InChI=1S/C20H29N3O3/c1-18(2)13-26-15(18)17(25)23-11-19(3)9-22(10-20(19,4)12-23)16(24)14-6-7-21(5)8-14/h6-8,15H,9-13H2,1-5H3/t15?,19-,20+. The number of likely N-dealkylation sites (tertiary alicyclic amines) is 2. The molecule has 1 unspecified atom stereocenters. The molecule has 142 valence electrons. The number of fused-ring (bicyclic) bond motifs is 1. The molecule has 0 aromatic carbocycles. The first-order chi connectivity index (χ1) is 12.0. The summed E-state index contributed by atoms with van der Waals surface area (Å²) in [5.74, 6) is 0.197. The van der Waals surface area contributed by atoms with Crippen molar-refractivity contribution in [2.24, 2.45) is 23.3 Å². The molecule has 3 atom stereocenters. The summed E-state index contributed by atoms with van der Waals surface area (Å²) in [6, 6.07) is 1.87. The number of hydrogen-bond acceptors (Lipinski definition) is 3. The van der Waals surface area contributed by atoms with Crippen LogP contribution in [0.1, 0.15) is 38.1 Å². The van der Waals surface area contributed by atoms with Gasteiger partial charge in [-0.05, 0) is 6.07 Å². The lowest BCUT2D eigenvalue weighted by Crippen LogP contribution is -2.57. The number of aromatic nitrogens is 1. The van der Waals surface area contributed by atoms with Crippen molar-refractivity contribution < 1.29 is 14.3 Å². The van der Waals surface area contributed by atoms with Crippen LogP contribution in [0.5, 0.6) is 0 Å². The Morgan fingerprint density at radius 2 is 1.62 bits per heavy atom. The third kappa shape index (κ3) is 2.42. The summed E-state index contributed by atoms with van der Waals surface area (Å²) in [4.78, 5) is 29.7. The number of carbonyl (C=O) groups excluding carboxylic acids is 2. The second-order valence-electron chi connectivity index (χ2n) is 9.72. The molecule has 0 saturated carbocycles. The van der Waals surface area contributed by atoms with Gasteiger partial charge in [0.2, 0.25) is 0 Å². The molecule has 4 heterocycles. The zero-order valence-corrected chi connectivity index (χ0v) is 16.4. The first kappa shape index (κ1) is 17.6. The van der Waals surface area contributed by atoms with Gasteiger partial charge in [0.25, 0.3) is 11.8 Å². The van der Waals surface area contributed by atoms with Gasteiger partial charge in [-0.25, -0.2) is 0 Å². The van der Waals surface area contributed by atoms with Gasteiger partial charge < -0.3 is 19.1 Å². The fraction of sp³-hybridized carbons (Fsp3) is 0.700. The zero-order valence-electron chi connectivity index (χ0n) is 16.4. The largest absolute Gasteiger partial charge is 0.367 e. The molecule has 4 rings (SSSR count). The van der Waals surface area contributed by atoms with Crippen LogP contribution in [0.25, 0.3) is 0 Å². The Hall–Kier alpha value is -1.82. The maximum Gasteiger partial charge on any atom is 0.255 e. The molecule has 3 saturated heterocycles. The van der Waals surface area contributed by atoms with Crippen LogP contribution in [0.2, 0.25) is 0 Å². The van der Waals surface area contributed by atoms with Gasteiger partial charge >= 0.3 is 0 Å². The lowest BCUT2D eigenvalue weighted by Gasteiger charge is -2.44. The van der Waals surface area contributed by atoms with Crippen LogP contribution in [-0.2, 0) is 16.6 Å². The Morgan fingerprint density at radius 3 is 2.04 bits per heavy atom. The van der Waals surface area contributed by atoms with E-state index in [-0.39, 0.29) is 34.2 Å². The summed E-state index contributed by atoms with van der Waals surface area (Å²) in [6.45, 7) is 12.0. The van der Waals surface area contributed by atoms with E-state index in [1.807, 2.05) is 39.9 Å². The van der Waals surface area contributed by atoms with Crippen molar-refractivity contribution >= 4 is 11.8 Å². The summed E-state index contributed by atoms with van der Waals surface area (Å²) < 4.78 is 7.47. The van der Waals surface area contributed by atoms with Gasteiger partial charge in [0, 0.05) is 61.9 Å². The fourth-order valence-corrected chi connectivity index (χ4v) is 4.84. The van der Waals surface area contributed by atoms with Crippen molar-refractivity contribution in [3.63, 3.8) is 0 Å². The second-order valence-corrected chi connectivity index (χ2v) is 9.72. The number of ether oxygens (including phenoxy) is 1. The molecule has 1 aromatic heterocycles. The lowest BCUT2D eigenvalue weighted by molar-refractivity contribution is -0.192. The Balaban J connectivity index is 1.48. The first-order valence-electron chi connectivity index (χ1n) is 9.36. The Kier molecular flexibility index (Phi) is 3.62. The van der Waals surface area contributed by atoms with Crippen LogP contribution in [0.3, 0.4) is 0 Å². The molecule has 0 N–H and O–H groups in total. The van der Waals surface area contributed by atoms with Gasteiger partial charge in [-0.1, -0.05) is 27.7 Å². The highest BCUT2D eigenvalue weighted by atomic mass is 16.5. The topological polar surface area (TPSA) is 54.8 Å². The van der Waals surface area contributed by atoms with Gasteiger partial charge in [-0.15, -0.1) is 0 Å². The number of nitrogens with zero attached hydrogens (tertiary/aromatic N) is 3. The molecule has 3 fully saturated rings. The van der Waals surface area contributed by atoms with Crippen molar-refractivity contribution in [2.45, 2.75) is 33.8 Å². The maximum absolute atomic E-state index is 12.9. The number of amides is 2. The summed E-state index contributed by atoms with van der Waals surface area (Å²) >= 11 is 0.